The summed E-state index contributed by atoms with van der Waals surface area (Å²) in [6.07, 6.45) is 6.33. The molecular formula is C47H70N6O7. The summed E-state index contributed by atoms with van der Waals surface area (Å²) in [4.78, 5) is 51.4. The minimum absolute atomic E-state index is 0.00837. The van der Waals surface area contributed by atoms with Gasteiger partial charge in [0.05, 0.1) is 32.9 Å². The number of nitrogens with zero attached hydrogens (tertiary/aromatic N) is 3. The third kappa shape index (κ3) is 11.8. The summed E-state index contributed by atoms with van der Waals surface area (Å²) in [6, 6.07) is 14.9. The van der Waals surface area contributed by atoms with Gasteiger partial charge in [0.25, 0.3) is 5.91 Å². The van der Waals surface area contributed by atoms with E-state index in [4.69, 9.17) is 9.57 Å². The van der Waals surface area contributed by atoms with Crippen molar-refractivity contribution in [2.75, 3.05) is 55.0 Å². The normalized spacial score (nSPS) is 25.6. The fourth-order valence-electron chi connectivity index (χ4n) is 9.30. The molecule has 0 radical (unpaired) electrons. The van der Waals surface area contributed by atoms with Crippen LogP contribution in [0.5, 0.6) is 5.75 Å². The Hall–Kier alpha value is -4.27. The zero-order valence-electron chi connectivity index (χ0n) is 37.2. The summed E-state index contributed by atoms with van der Waals surface area (Å²) in [5, 5.41) is 32.4. The SMILES string of the molecule is CNC(=O)CN(C)C1=CC(C(=O)N[C@@H](Cc2ccccc2)CN(C)C)=CC(c2cccc(CN3O[C@@H](CO)[C@@H]([C@H](C)O)[C@H]3C(=O)N[C@H]3C[C@H](C(C)C)CC[C@@H]3C)c2OC)C1. The number of benzene rings is 2. The Morgan fingerprint density at radius 2 is 1.77 bits per heavy atom. The average molecular weight is 831 g/mol. The maximum atomic E-state index is 14.4. The largest absolute Gasteiger partial charge is 0.496 e. The van der Waals surface area contributed by atoms with Crippen molar-refractivity contribution in [3.05, 3.63) is 88.6 Å². The lowest BCUT2D eigenvalue weighted by Gasteiger charge is -2.38. The van der Waals surface area contributed by atoms with Gasteiger partial charge in [0, 0.05) is 67.0 Å². The molecule has 1 unspecified atom stereocenters. The number of para-hydroxylation sites is 1. The topological polar surface area (TPSA) is 156 Å². The Labute approximate surface area is 357 Å². The second kappa shape index (κ2) is 21.5. The first-order valence-electron chi connectivity index (χ1n) is 21.7. The molecule has 0 bridgehead atoms. The average Bonchev–Trinajstić information content (AvgIpc) is 3.60. The first-order valence-corrected chi connectivity index (χ1v) is 21.7. The highest BCUT2D eigenvalue weighted by molar-refractivity contribution is 5.97. The highest BCUT2D eigenvalue weighted by atomic mass is 16.7. The molecule has 2 aromatic carbocycles. The summed E-state index contributed by atoms with van der Waals surface area (Å²) in [7, 11) is 9.03. The molecule has 5 rings (SSSR count). The van der Waals surface area contributed by atoms with E-state index < -0.39 is 24.2 Å². The van der Waals surface area contributed by atoms with Crippen molar-refractivity contribution in [1.29, 1.82) is 0 Å². The highest BCUT2D eigenvalue weighted by Crippen LogP contribution is 2.41. The maximum Gasteiger partial charge on any atom is 0.251 e. The summed E-state index contributed by atoms with van der Waals surface area (Å²) >= 11 is 0. The van der Waals surface area contributed by atoms with Crippen LogP contribution in [0.25, 0.3) is 0 Å². The fraction of sp³-hybridized carbons (Fsp3) is 0.596. The number of hydrogen-bond donors (Lipinski definition) is 5. The molecule has 1 saturated heterocycles. The van der Waals surface area contributed by atoms with Crippen LogP contribution in [0.4, 0.5) is 0 Å². The molecule has 1 heterocycles. The molecule has 2 aromatic rings. The summed E-state index contributed by atoms with van der Waals surface area (Å²) < 4.78 is 6.17. The number of hydroxylamine groups is 2. The van der Waals surface area contributed by atoms with Crippen LogP contribution in [0.1, 0.15) is 76.0 Å². The number of amides is 3. The van der Waals surface area contributed by atoms with Gasteiger partial charge < -0.3 is 40.7 Å². The van der Waals surface area contributed by atoms with Crippen LogP contribution in [-0.2, 0) is 32.2 Å². The van der Waals surface area contributed by atoms with Gasteiger partial charge in [-0.15, -0.1) is 0 Å². The molecule has 1 aliphatic heterocycles. The molecule has 330 valence electrons. The van der Waals surface area contributed by atoms with Crippen LogP contribution >= 0.6 is 0 Å². The number of aliphatic hydroxyl groups is 2. The van der Waals surface area contributed by atoms with Gasteiger partial charge in [0.2, 0.25) is 11.8 Å². The molecule has 13 nitrogen and oxygen atoms in total. The lowest BCUT2D eigenvalue weighted by Crippen LogP contribution is -2.53. The molecule has 13 heteroatoms. The van der Waals surface area contributed by atoms with Crippen LogP contribution in [0.3, 0.4) is 0 Å². The van der Waals surface area contributed by atoms with Crippen LogP contribution in [0.15, 0.2) is 72.0 Å². The van der Waals surface area contributed by atoms with Gasteiger partial charge in [-0.3, -0.25) is 19.2 Å². The van der Waals surface area contributed by atoms with E-state index in [0.717, 1.165) is 41.6 Å². The first-order chi connectivity index (χ1) is 28.6. The van der Waals surface area contributed by atoms with E-state index in [0.29, 0.717) is 48.5 Å². The molecular weight excluding hydrogens is 761 g/mol. The zero-order valence-corrected chi connectivity index (χ0v) is 37.2. The number of carbonyl (C=O) groups excluding carboxylic acids is 3. The molecule has 2 fully saturated rings. The third-order valence-electron chi connectivity index (χ3n) is 12.7. The number of hydrogen-bond acceptors (Lipinski definition) is 10. The Kier molecular flexibility index (Phi) is 16.8. The van der Waals surface area contributed by atoms with Crippen molar-refractivity contribution >= 4 is 17.7 Å². The van der Waals surface area contributed by atoms with E-state index in [2.05, 4.69) is 53.8 Å². The molecule has 1 saturated carbocycles. The lowest BCUT2D eigenvalue weighted by atomic mass is 9.74. The van der Waals surface area contributed by atoms with Gasteiger partial charge in [-0.1, -0.05) is 75.4 Å². The molecule has 3 aliphatic rings. The minimum atomic E-state index is -0.928. The van der Waals surface area contributed by atoms with Crippen molar-refractivity contribution in [3.63, 3.8) is 0 Å². The summed E-state index contributed by atoms with van der Waals surface area (Å²) in [6.45, 7) is 8.82. The number of nitrogens with one attached hydrogen (secondary N) is 3. The molecule has 0 spiro atoms. The molecule has 2 aliphatic carbocycles. The van der Waals surface area contributed by atoms with Crippen molar-refractivity contribution in [3.8, 4) is 5.75 Å². The highest BCUT2D eigenvalue weighted by Gasteiger charge is 2.50. The molecule has 0 aromatic heterocycles. The second-order valence-corrected chi connectivity index (χ2v) is 17.8. The van der Waals surface area contributed by atoms with Gasteiger partial charge in [-0.05, 0) is 82.5 Å². The number of methoxy groups -OCH3 is 1. The smallest absolute Gasteiger partial charge is 0.251 e. The fourth-order valence-corrected chi connectivity index (χ4v) is 9.30. The van der Waals surface area contributed by atoms with E-state index >= 15 is 0 Å². The molecule has 3 amide bonds. The quantitative estimate of drug-likeness (QED) is 0.149. The number of carbonyl (C=O) groups is 3. The van der Waals surface area contributed by atoms with Crippen LogP contribution in [0.2, 0.25) is 0 Å². The number of likely N-dealkylation sites (N-methyl/N-ethyl adjacent to an activating group) is 3. The third-order valence-corrected chi connectivity index (χ3v) is 12.7. The summed E-state index contributed by atoms with van der Waals surface area (Å²) in [5.74, 6) is 0.331. The van der Waals surface area contributed by atoms with Gasteiger partial charge in [0.15, 0.2) is 0 Å². The number of ether oxygens (including phenoxy) is 1. The second-order valence-electron chi connectivity index (χ2n) is 17.8. The van der Waals surface area contributed by atoms with Crippen molar-refractivity contribution in [2.24, 2.45) is 23.7 Å². The first kappa shape index (κ1) is 46.8. The van der Waals surface area contributed by atoms with Crippen molar-refractivity contribution < 1.29 is 34.2 Å². The summed E-state index contributed by atoms with van der Waals surface area (Å²) in [5.41, 5.74) is 3.99. The van der Waals surface area contributed by atoms with Gasteiger partial charge in [0.1, 0.15) is 17.9 Å². The molecule has 60 heavy (non-hydrogen) atoms. The predicted molar refractivity (Wildman–Crippen MR) is 234 cm³/mol. The van der Waals surface area contributed by atoms with E-state index in [1.54, 1.807) is 26.1 Å². The Morgan fingerprint density at radius 1 is 1.03 bits per heavy atom. The van der Waals surface area contributed by atoms with Crippen molar-refractivity contribution in [1.82, 2.24) is 30.8 Å². The van der Waals surface area contributed by atoms with Crippen molar-refractivity contribution in [2.45, 2.75) is 103 Å². The minimum Gasteiger partial charge on any atom is -0.496 e. The molecule has 9 atom stereocenters. The molecule has 5 N–H and O–H groups in total. The number of aliphatic hydroxyl groups excluding tert-OH is 2. The Balaban J connectivity index is 1.46. The Morgan fingerprint density at radius 3 is 2.40 bits per heavy atom. The van der Waals surface area contributed by atoms with Gasteiger partial charge in [-0.25, -0.2) is 0 Å². The van der Waals surface area contributed by atoms with E-state index in [9.17, 15) is 24.6 Å². The number of allylic oxidation sites excluding steroid dienone is 2. The van der Waals surface area contributed by atoms with Crippen LogP contribution in [-0.4, -0.2) is 128 Å². The maximum absolute atomic E-state index is 14.4. The number of rotatable bonds is 18. The monoisotopic (exact) mass is 831 g/mol. The van der Waals surface area contributed by atoms with Gasteiger partial charge >= 0.3 is 0 Å². The Bertz CT molecular complexity index is 1820. The van der Waals surface area contributed by atoms with E-state index in [-0.39, 0.29) is 55.4 Å². The lowest BCUT2D eigenvalue weighted by molar-refractivity contribution is -0.182. The predicted octanol–water partition coefficient (Wildman–Crippen LogP) is 4.01. The van der Waals surface area contributed by atoms with Crippen LogP contribution < -0.4 is 20.7 Å². The van der Waals surface area contributed by atoms with Gasteiger partial charge in [-0.2, -0.15) is 5.06 Å². The van der Waals surface area contributed by atoms with E-state index in [1.807, 2.05) is 74.6 Å². The van der Waals surface area contributed by atoms with E-state index in [1.165, 1.54) is 0 Å². The standard InChI is InChI=1S/C47H70N6O7/c1-29(2)33-19-18-30(3)40(24-33)50-47(58)44-43(31(4)55)41(28-54)60-53(44)25-34-16-13-17-39(45(34)59-9)35-21-36(23-38(22-35)52(8)27-42(56)48-5)46(57)49-37(26-51(6)7)20-32-14-11-10-12-15-32/h10-17,21,23,29-31,33,35,37,40-41,43-44,54-55H,18-20,22,24-28H2,1-9H3,(H,48,56)(H,49,57)(H,50,58)/t30-,31-,33+,35?,37-,40-,41-,43+,44-/m0/s1. The van der Waals surface area contributed by atoms with Crippen LogP contribution in [0, 0.1) is 23.7 Å². The zero-order chi connectivity index (χ0) is 43.7.